The average molecular weight is 580 g/mol. The third kappa shape index (κ3) is 6.19. The van der Waals surface area contributed by atoms with Gasteiger partial charge in [-0.1, -0.05) is 34.8 Å². The second-order valence-electron chi connectivity index (χ2n) is 7.56. The van der Waals surface area contributed by atoms with Crippen molar-refractivity contribution in [1.82, 2.24) is 4.90 Å². The number of imide groups is 1. The fourth-order valence-corrected chi connectivity index (χ4v) is 4.74. The van der Waals surface area contributed by atoms with Gasteiger partial charge < -0.3 is 14.5 Å². The number of furan rings is 1. The number of amides is 3. The van der Waals surface area contributed by atoms with Crippen LogP contribution in [0.25, 0.3) is 17.4 Å². The number of carbonyl (C=O) groups excluding carboxylic acids is 4. The van der Waals surface area contributed by atoms with Gasteiger partial charge in [-0.25, -0.2) is 4.79 Å². The van der Waals surface area contributed by atoms with Crippen LogP contribution in [0, 0.1) is 0 Å². The number of thioether (sulfide) groups is 1. The van der Waals surface area contributed by atoms with Gasteiger partial charge in [-0.05, 0) is 67.2 Å². The largest absolute Gasteiger partial charge is 0.462 e. The van der Waals surface area contributed by atoms with E-state index in [-0.39, 0.29) is 27.8 Å². The van der Waals surface area contributed by atoms with Gasteiger partial charge in [0, 0.05) is 22.3 Å². The number of rotatable bonds is 7. The van der Waals surface area contributed by atoms with Crippen LogP contribution in [0.4, 0.5) is 10.5 Å². The lowest BCUT2D eigenvalue weighted by Gasteiger charge is -2.13. The molecule has 12 heteroatoms. The normalized spacial score (nSPS) is 14.4. The van der Waals surface area contributed by atoms with E-state index in [2.05, 4.69) is 5.32 Å². The molecule has 0 spiro atoms. The number of esters is 1. The summed E-state index contributed by atoms with van der Waals surface area (Å²) >= 11 is 19.0. The van der Waals surface area contributed by atoms with E-state index in [0.717, 1.165) is 4.90 Å². The number of nitrogens with one attached hydrogen (secondary N) is 1. The van der Waals surface area contributed by atoms with E-state index >= 15 is 0 Å². The minimum atomic E-state index is -0.646. The van der Waals surface area contributed by atoms with E-state index in [0.29, 0.717) is 38.9 Å². The lowest BCUT2D eigenvalue weighted by Crippen LogP contribution is -2.36. The molecule has 1 fully saturated rings. The smallest absolute Gasteiger partial charge is 0.339 e. The molecule has 3 aromatic rings. The zero-order chi connectivity index (χ0) is 26.7. The third-order valence-electron chi connectivity index (χ3n) is 5.01. The molecule has 0 aliphatic carbocycles. The van der Waals surface area contributed by atoms with Crippen molar-refractivity contribution in [2.45, 2.75) is 6.92 Å². The highest BCUT2D eigenvalue weighted by molar-refractivity contribution is 8.18. The molecule has 0 radical (unpaired) electrons. The standard InChI is InChI=1S/C25H17Cl3N2O6S/c1-2-35-24(33)17-10-14(4-7-19(17)28)29-22(31)12-30-23(32)21(37-25(30)34)11-15-5-8-20(36-15)16-9-13(26)3-6-18(16)27/h3-11H,2,12H2,1H3,(H,29,31)/b21-11+. The van der Waals surface area contributed by atoms with Crippen molar-refractivity contribution in [3.05, 3.63) is 79.8 Å². The van der Waals surface area contributed by atoms with Crippen LogP contribution in [0.5, 0.6) is 0 Å². The summed E-state index contributed by atoms with van der Waals surface area (Å²) in [5.41, 5.74) is 0.905. The fraction of sp³-hybridized carbons (Fsp3) is 0.120. The Balaban J connectivity index is 1.45. The van der Waals surface area contributed by atoms with Crippen LogP contribution in [0.15, 0.2) is 57.9 Å². The van der Waals surface area contributed by atoms with Crippen molar-refractivity contribution < 1.29 is 28.3 Å². The number of ether oxygens (including phenoxy) is 1. The number of carbonyl (C=O) groups is 4. The first-order chi connectivity index (χ1) is 17.7. The van der Waals surface area contributed by atoms with Gasteiger partial charge in [-0.15, -0.1) is 0 Å². The molecular formula is C25H17Cl3N2O6S. The molecule has 37 heavy (non-hydrogen) atoms. The Bertz CT molecular complexity index is 1450. The molecule has 8 nitrogen and oxygen atoms in total. The molecule has 0 unspecified atom stereocenters. The summed E-state index contributed by atoms with van der Waals surface area (Å²) in [5.74, 6) is -1.18. The van der Waals surface area contributed by atoms with E-state index < -0.39 is 29.6 Å². The summed E-state index contributed by atoms with van der Waals surface area (Å²) in [6, 6.07) is 12.5. The first-order valence-electron chi connectivity index (χ1n) is 10.7. The summed E-state index contributed by atoms with van der Waals surface area (Å²) in [7, 11) is 0. The molecule has 3 amide bonds. The van der Waals surface area contributed by atoms with E-state index in [1.54, 1.807) is 37.3 Å². The Hall–Kier alpha value is -3.24. The second kappa shape index (κ2) is 11.4. The van der Waals surface area contributed by atoms with Gasteiger partial charge in [0.1, 0.15) is 18.1 Å². The summed E-state index contributed by atoms with van der Waals surface area (Å²) in [5, 5.41) is 3.01. The Kier molecular flexibility index (Phi) is 8.29. The maximum Gasteiger partial charge on any atom is 0.339 e. The number of halogens is 3. The molecule has 1 saturated heterocycles. The number of nitrogens with zero attached hydrogens (tertiary/aromatic N) is 1. The Morgan fingerprint density at radius 1 is 1.05 bits per heavy atom. The van der Waals surface area contributed by atoms with Crippen LogP contribution in [0.2, 0.25) is 15.1 Å². The monoisotopic (exact) mass is 578 g/mol. The maximum atomic E-state index is 12.8. The number of hydrogen-bond donors (Lipinski definition) is 1. The van der Waals surface area contributed by atoms with Gasteiger partial charge in [-0.3, -0.25) is 19.3 Å². The molecule has 1 aromatic heterocycles. The topological polar surface area (TPSA) is 106 Å². The summed E-state index contributed by atoms with van der Waals surface area (Å²) in [4.78, 5) is 50.8. The highest BCUT2D eigenvalue weighted by Gasteiger charge is 2.36. The fourth-order valence-electron chi connectivity index (χ4n) is 3.34. The molecule has 0 atom stereocenters. The minimum Gasteiger partial charge on any atom is -0.462 e. The predicted molar refractivity (Wildman–Crippen MR) is 143 cm³/mol. The van der Waals surface area contributed by atoms with Crippen LogP contribution < -0.4 is 5.32 Å². The van der Waals surface area contributed by atoms with Gasteiger partial charge in [-0.2, -0.15) is 0 Å². The van der Waals surface area contributed by atoms with Crippen molar-refractivity contribution in [1.29, 1.82) is 0 Å². The van der Waals surface area contributed by atoms with Gasteiger partial charge in [0.2, 0.25) is 5.91 Å². The molecule has 2 heterocycles. The summed E-state index contributed by atoms with van der Waals surface area (Å²) in [6.45, 7) is 1.29. The number of hydrogen-bond acceptors (Lipinski definition) is 7. The summed E-state index contributed by atoms with van der Waals surface area (Å²) in [6.07, 6.45) is 1.41. The molecule has 190 valence electrons. The molecule has 2 aromatic carbocycles. The van der Waals surface area contributed by atoms with Crippen LogP contribution >= 0.6 is 46.6 Å². The Morgan fingerprint density at radius 2 is 1.81 bits per heavy atom. The number of benzene rings is 2. The van der Waals surface area contributed by atoms with Crippen LogP contribution in [-0.2, 0) is 14.3 Å². The van der Waals surface area contributed by atoms with Crippen molar-refractivity contribution in [2.75, 3.05) is 18.5 Å². The Morgan fingerprint density at radius 3 is 2.57 bits per heavy atom. The molecule has 4 rings (SSSR count). The second-order valence-corrected chi connectivity index (χ2v) is 9.80. The molecule has 1 aliphatic rings. The predicted octanol–water partition coefficient (Wildman–Crippen LogP) is 6.76. The first kappa shape index (κ1) is 26.8. The van der Waals surface area contributed by atoms with Crippen molar-refractivity contribution >= 4 is 81.4 Å². The van der Waals surface area contributed by atoms with Crippen LogP contribution in [0.1, 0.15) is 23.0 Å². The lowest BCUT2D eigenvalue weighted by molar-refractivity contribution is -0.127. The highest BCUT2D eigenvalue weighted by Crippen LogP contribution is 2.35. The average Bonchev–Trinajstić information content (AvgIpc) is 3.42. The van der Waals surface area contributed by atoms with Crippen molar-refractivity contribution in [2.24, 2.45) is 0 Å². The maximum absolute atomic E-state index is 12.8. The Labute approximate surface area is 230 Å². The van der Waals surface area contributed by atoms with Gasteiger partial charge in [0.05, 0.1) is 27.1 Å². The van der Waals surface area contributed by atoms with Gasteiger partial charge >= 0.3 is 5.97 Å². The highest BCUT2D eigenvalue weighted by atomic mass is 35.5. The third-order valence-corrected chi connectivity index (χ3v) is 6.82. The van der Waals surface area contributed by atoms with Crippen molar-refractivity contribution in [3.8, 4) is 11.3 Å². The van der Waals surface area contributed by atoms with Crippen LogP contribution in [0.3, 0.4) is 0 Å². The minimum absolute atomic E-state index is 0.0762. The molecule has 1 N–H and O–H groups in total. The van der Waals surface area contributed by atoms with E-state index in [1.807, 2.05) is 0 Å². The molecular weight excluding hydrogens is 563 g/mol. The molecule has 0 saturated carbocycles. The van der Waals surface area contributed by atoms with Crippen LogP contribution in [-0.4, -0.2) is 41.1 Å². The zero-order valence-corrected chi connectivity index (χ0v) is 22.1. The quantitative estimate of drug-likeness (QED) is 0.243. The lowest BCUT2D eigenvalue weighted by atomic mass is 10.2. The van der Waals surface area contributed by atoms with E-state index in [1.165, 1.54) is 24.3 Å². The van der Waals surface area contributed by atoms with E-state index in [4.69, 9.17) is 44.0 Å². The van der Waals surface area contributed by atoms with Gasteiger partial charge in [0.25, 0.3) is 11.1 Å². The number of anilines is 1. The first-order valence-corrected chi connectivity index (χ1v) is 12.7. The van der Waals surface area contributed by atoms with Gasteiger partial charge in [0.15, 0.2) is 0 Å². The van der Waals surface area contributed by atoms with Crippen molar-refractivity contribution in [3.63, 3.8) is 0 Å². The molecule has 0 bridgehead atoms. The zero-order valence-electron chi connectivity index (χ0n) is 19.0. The van der Waals surface area contributed by atoms with E-state index in [9.17, 15) is 19.2 Å². The molecule has 1 aliphatic heterocycles. The SMILES string of the molecule is CCOC(=O)c1cc(NC(=O)CN2C(=O)S/C(=C/c3ccc(-c4cc(Cl)ccc4Cl)o3)C2=O)ccc1Cl. The summed E-state index contributed by atoms with van der Waals surface area (Å²) < 4.78 is 10.7.